The zero-order valence-corrected chi connectivity index (χ0v) is 27.4. The predicted octanol–water partition coefficient (Wildman–Crippen LogP) is 11.2. The third kappa shape index (κ3) is 4.41. The Balaban J connectivity index is 1.08. The molecule has 1 aliphatic rings. The molecule has 0 amide bonds. The fourth-order valence-electron chi connectivity index (χ4n) is 8.16. The lowest BCUT2D eigenvalue weighted by Gasteiger charge is -2.39. The summed E-state index contributed by atoms with van der Waals surface area (Å²) in [4.78, 5) is 0. The van der Waals surface area contributed by atoms with Gasteiger partial charge in [0.25, 0.3) is 0 Å². The minimum atomic E-state index is -0.246. The highest BCUT2D eigenvalue weighted by Gasteiger charge is 2.33. The fourth-order valence-corrected chi connectivity index (χ4v) is 8.16. The number of rotatable bonds is 4. The van der Waals surface area contributed by atoms with Gasteiger partial charge < -0.3 is 13.3 Å². The topological polar surface area (TPSA) is 75.5 Å². The molecule has 6 heteroatoms. The Morgan fingerprint density at radius 1 is 0.333 bits per heavy atom. The van der Waals surface area contributed by atoms with Crippen molar-refractivity contribution in [3.63, 3.8) is 0 Å². The van der Waals surface area contributed by atoms with Gasteiger partial charge in [-0.1, -0.05) is 127 Å². The summed E-state index contributed by atoms with van der Waals surface area (Å²) in [6.45, 7) is 0. The maximum Gasteiger partial charge on any atom is 0.143 e. The molecule has 0 radical (unpaired) electrons. The van der Waals surface area contributed by atoms with Crippen LogP contribution in [0.2, 0.25) is 0 Å². The summed E-state index contributed by atoms with van der Waals surface area (Å²) in [5.74, 6) is 0. The molecule has 3 atom stereocenters. The summed E-state index contributed by atoms with van der Waals surface area (Å²) in [7, 11) is 0. The molecular weight excluding hydrogens is 631 g/mol. The first kappa shape index (κ1) is 28.6. The van der Waals surface area contributed by atoms with Crippen molar-refractivity contribution in [3.8, 4) is 11.1 Å². The molecule has 1 fully saturated rings. The first-order valence-corrected chi connectivity index (χ1v) is 17.4. The average molecular weight is 662 g/mol. The van der Waals surface area contributed by atoms with Crippen molar-refractivity contribution >= 4 is 65.8 Å². The van der Waals surface area contributed by atoms with Crippen LogP contribution in [0.5, 0.6) is 0 Å². The van der Waals surface area contributed by atoms with Gasteiger partial charge in [-0.05, 0) is 41.0 Å². The Hall–Kier alpha value is -6.18. The quantitative estimate of drug-likeness (QED) is 0.174. The van der Waals surface area contributed by atoms with Gasteiger partial charge in [-0.15, -0.1) is 0 Å². The van der Waals surface area contributed by atoms with Crippen LogP contribution in [0.1, 0.15) is 35.2 Å². The minimum Gasteiger partial charge on any atom is -0.456 e. The third-order valence-corrected chi connectivity index (χ3v) is 10.4. The second-order valence-electron chi connectivity index (χ2n) is 13.3. The van der Waals surface area contributed by atoms with E-state index in [1.54, 1.807) is 0 Å². The monoisotopic (exact) mass is 661 g/mol. The van der Waals surface area contributed by atoms with Gasteiger partial charge in [0, 0.05) is 43.4 Å². The van der Waals surface area contributed by atoms with Crippen LogP contribution in [-0.4, -0.2) is 0 Å². The van der Waals surface area contributed by atoms with Gasteiger partial charge in [-0.25, -0.2) is 0 Å². The largest absolute Gasteiger partial charge is 0.456 e. The van der Waals surface area contributed by atoms with Gasteiger partial charge >= 0.3 is 0 Å². The molecule has 10 aromatic rings. The first-order valence-electron chi connectivity index (χ1n) is 17.4. The molecule has 6 nitrogen and oxygen atoms in total. The second-order valence-corrected chi connectivity index (χ2v) is 13.3. The molecule has 1 saturated heterocycles. The van der Waals surface area contributed by atoms with Crippen molar-refractivity contribution in [1.82, 2.24) is 16.0 Å². The molecule has 0 spiro atoms. The molecule has 11 rings (SSSR count). The molecule has 1 aliphatic heterocycles. The maximum atomic E-state index is 7.01. The number of nitrogens with one attached hydrogen (secondary N) is 3. The molecular formula is C45H31N3O3. The van der Waals surface area contributed by atoms with E-state index in [1.165, 1.54) is 0 Å². The Kier molecular flexibility index (Phi) is 6.27. The van der Waals surface area contributed by atoms with E-state index in [2.05, 4.69) is 131 Å². The van der Waals surface area contributed by atoms with E-state index in [-0.39, 0.29) is 18.5 Å². The van der Waals surface area contributed by atoms with Crippen LogP contribution in [0.3, 0.4) is 0 Å². The molecule has 7 aromatic carbocycles. The van der Waals surface area contributed by atoms with Crippen LogP contribution < -0.4 is 16.0 Å². The van der Waals surface area contributed by atoms with Crippen LogP contribution in [0.4, 0.5) is 0 Å². The summed E-state index contributed by atoms with van der Waals surface area (Å²) in [5, 5.41) is 18.2. The molecule has 4 heterocycles. The Bertz CT molecular complexity index is 2940. The lowest BCUT2D eigenvalue weighted by atomic mass is 9.97. The number of furan rings is 3. The zero-order valence-electron chi connectivity index (χ0n) is 27.4. The van der Waals surface area contributed by atoms with Gasteiger partial charge in [0.1, 0.15) is 33.5 Å². The highest BCUT2D eigenvalue weighted by molar-refractivity contribution is 6.17. The summed E-state index contributed by atoms with van der Waals surface area (Å²) < 4.78 is 19.6. The average Bonchev–Trinajstić information content (AvgIpc) is 3.89. The zero-order chi connectivity index (χ0) is 33.5. The van der Waals surface area contributed by atoms with Crippen molar-refractivity contribution in [3.05, 3.63) is 168 Å². The lowest BCUT2D eigenvalue weighted by molar-refractivity contribution is 0.204. The van der Waals surface area contributed by atoms with Crippen molar-refractivity contribution in [1.29, 1.82) is 0 Å². The Labute approximate surface area is 292 Å². The molecule has 51 heavy (non-hydrogen) atoms. The maximum absolute atomic E-state index is 7.01. The van der Waals surface area contributed by atoms with E-state index in [1.807, 2.05) is 36.4 Å². The van der Waals surface area contributed by atoms with Gasteiger partial charge in [0.15, 0.2) is 0 Å². The smallest absolute Gasteiger partial charge is 0.143 e. The highest BCUT2D eigenvalue weighted by atomic mass is 16.3. The van der Waals surface area contributed by atoms with E-state index in [0.29, 0.717) is 0 Å². The van der Waals surface area contributed by atoms with Gasteiger partial charge in [-0.2, -0.15) is 0 Å². The van der Waals surface area contributed by atoms with Crippen LogP contribution >= 0.6 is 0 Å². The van der Waals surface area contributed by atoms with E-state index in [4.69, 9.17) is 13.3 Å². The van der Waals surface area contributed by atoms with Crippen molar-refractivity contribution in [2.75, 3.05) is 0 Å². The summed E-state index contributed by atoms with van der Waals surface area (Å²) in [6, 6.07) is 52.5. The SMILES string of the molecule is c1ccc(C2NC(c3cccc4c3oc3c(-c5cccc6oc7ccccc7c56)cccc34)NC(c3cccc4oc5ccccc5c34)N2)cc1. The van der Waals surface area contributed by atoms with Crippen molar-refractivity contribution in [2.45, 2.75) is 18.5 Å². The Morgan fingerprint density at radius 3 is 1.63 bits per heavy atom. The predicted molar refractivity (Wildman–Crippen MR) is 204 cm³/mol. The second kappa shape index (κ2) is 11.2. The number of para-hydroxylation sites is 4. The first-order chi connectivity index (χ1) is 25.3. The third-order valence-electron chi connectivity index (χ3n) is 10.4. The van der Waals surface area contributed by atoms with Crippen LogP contribution in [0.25, 0.3) is 76.9 Å². The summed E-state index contributed by atoms with van der Waals surface area (Å²) in [5.41, 5.74) is 10.7. The number of hydrogen-bond acceptors (Lipinski definition) is 6. The van der Waals surface area contributed by atoms with Gasteiger partial charge in [0.2, 0.25) is 0 Å². The van der Waals surface area contributed by atoms with Gasteiger partial charge in [-0.3, -0.25) is 16.0 Å². The summed E-state index contributed by atoms with van der Waals surface area (Å²) in [6.07, 6.45) is -0.588. The summed E-state index contributed by atoms with van der Waals surface area (Å²) >= 11 is 0. The number of fused-ring (bicyclic) bond motifs is 9. The number of benzene rings is 7. The highest BCUT2D eigenvalue weighted by Crippen LogP contribution is 2.43. The molecule has 0 bridgehead atoms. The van der Waals surface area contributed by atoms with Crippen molar-refractivity contribution < 1.29 is 13.3 Å². The van der Waals surface area contributed by atoms with Crippen LogP contribution in [-0.2, 0) is 0 Å². The fraction of sp³-hybridized carbons (Fsp3) is 0.0667. The van der Waals surface area contributed by atoms with Crippen LogP contribution in [0.15, 0.2) is 165 Å². The van der Waals surface area contributed by atoms with Crippen molar-refractivity contribution in [2.24, 2.45) is 0 Å². The van der Waals surface area contributed by atoms with Gasteiger partial charge in [0.05, 0.1) is 18.5 Å². The lowest BCUT2D eigenvalue weighted by Crippen LogP contribution is -2.54. The van der Waals surface area contributed by atoms with E-state index >= 15 is 0 Å². The molecule has 244 valence electrons. The molecule has 0 aliphatic carbocycles. The Morgan fingerprint density at radius 2 is 0.843 bits per heavy atom. The number of hydrogen-bond donors (Lipinski definition) is 3. The van der Waals surface area contributed by atoms with E-state index in [9.17, 15) is 0 Å². The molecule has 3 aromatic heterocycles. The van der Waals surface area contributed by atoms with Crippen LogP contribution in [0, 0.1) is 0 Å². The van der Waals surface area contributed by atoms with E-state index < -0.39 is 0 Å². The molecule has 3 unspecified atom stereocenters. The molecule has 3 N–H and O–H groups in total. The standard InChI is InChI=1S/C45H31N3O3/c1-2-12-26(13-3-1)43-46-44(33-20-11-25-38-40(33)32-15-5-7-23-36(32)50-38)48-45(47-43)34-21-9-19-30-29-18-8-17-28(41(29)51-42(30)34)27-16-10-24-37-39(27)31-14-4-6-22-35(31)49-37/h1-25,43-48H. The molecule has 0 saturated carbocycles. The normalized spacial score (nSPS) is 18.2. The van der Waals surface area contributed by atoms with E-state index in [0.717, 1.165) is 93.6 Å². The minimum absolute atomic E-state index is 0.141.